The number of piperazine rings is 1. The lowest BCUT2D eigenvalue weighted by molar-refractivity contribution is -0.137. The summed E-state index contributed by atoms with van der Waals surface area (Å²) < 4.78 is 39.5. The van der Waals surface area contributed by atoms with Crippen LogP contribution in [0.15, 0.2) is 53.7 Å². The first-order valence-electron chi connectivity index (χ1n) is 13.2. The van der Waals surface area contributed by atoms with Crippen molar-refractivity contribution in [3.63, 3.8) is 0 Å². The lowest BCUT2D eigenvalue weighted by Gasteiger charge is -2.37. The predicted octanol–water partition coefficient (Wildman–Crippen LogP) is 5.87. The van der Waals surface area contributed by atoms with Gasteiger partial charge in [-0.25, -0.2) is 9.97 Å². The number of carbonyl (C=O) groups is 1. The normalized spacial score (nSPS) is 15.9. The molecule has 206 valence electrons. The zero-order valence-corrected chi connectivity index (χ0v) is 22.9. The number of hydrogen-bond donors (Lipinski definition) is 1. The zero-order chi connectivity index (χ0) is 27.6. The molecule has 1 saturated heterocycles. The predicted molar refractivity (Wildman–Crippen MR) is 148 cm³/mol. The van der Waals surface area contributed by atoms with Crippen LogP contribution in [0.1, 0.15) is 45.6 Å². The first-order valence-corrected chi connectivity index (χ1v) is 14.2. The van der Waals surface area contributed by atoms with Gasteiger partial charge in [-0.05, 0) is 68.5 Å². The van der Waals surface area contributed by atoms with E-state index in [-0.39, 0.29) is 5.91 Å². The number of aromatic nitrogens is 2. The van der Waals surface area contributed by atoms with Crippen molar-refractivity contribution >= 4 is 29.2 Å². The van der Waals surface area contributed by atoms with E-state index < -0.39 is 11.7 Å². The van der Waals surface area contributed by atoms with E-state index in [0.717, 1.165) is 35.2 Å². The third kappa shape index (κ3) is 6.84. The summed E-state index contributed by atoms with van der Waals surface area (Å²) in [5.74, 6) is 2.09. The van der Waals surface area contributed by atoms with E-state index in [0.29, 0.717) is 54.3 Å². The van der Waals surface area contributed by atoms with Gasteiger partial charge in [0, 0.05) is 61.0 Å². The standard InChI is InChI=1S/C29H32F3N5OS/c1-19-20(2)34-28(39-18-22-5-3-6-23(15-22)27(38)33-17-21-9-10-21)35-26(19)37-13-11-36(12-14-37)25-8-4-7-24(16-25)29(30,31)32/h3-8,15-16,21H,9-14,17-18H2,1-2H3,(H,33,38). The molecule has 1 saturated carbocycles. The van der Waals surface area contributed by atoms with Crippen molar-refractivity contribution in [1.82, 2.24) is 15.3 Å². The van der Waals surface area contributed by atoms with Crippen LogP contribution in [0.2, 0.25) is 0 Å². The Labute approximate surface area is 231 Å². The van der Waals surface area contributed by atoms with E-state index in [1.807, 2.05) is 43.0 Å². The number of anilines is 2. The Hall–Kier alpha value is -3.27. The van der Waals surface area contributed by atoms with Gasteiger partial charge in [0.2, 0.25) is 0 Å². The van der Waals surface area contributed by atoms with Gasteiger partial charge in [0.1, 0.15) is 5.82 Å². The molecule has 0 atom stereocenters. The molecule has 1 N–H and O–H groups in total. The number of nitrogens with one attached hydrogen (secondary N) is 1. The van der Waals surface area contributed by atoms with Gasteiger partial charge in [0.15, 0.2) is 5.16 Å². The van der Waals surface area contributed by atoms with Gasteiger partial charge in [-0.3, -0.25) is 4.79 Å². The molecule has 10 heteroatoms. The van der Waals surface area contributed by atoms with Crippen LogP contribution in [0, 0.1) is 19.8 Å². The lowest BCUT2D eigenvalue weighted by Crippen LogP contribution is -2.47. The molecule has 6 nitrogen and oxygen atoms in total. The van der Waals surface area contributed by atoms with E-state index in [4.69, 9.17) is 4.98 Å². The second-order valence-electron chi connectivity index (χ2n) is 10.2. The number of amides is 1. The maximum atomic E-state index is 13.2. The smallest absolute Gasteiger partial charge is 0.368 e. The highest BCUT2D eigenvalue weighted by molar-refractivity contribution is 7.98. The van der Waals surface area contributed by atoms with Crippen molar-refractivity contribution in [2.45, 2.75) is 43.8 Å². The SMILES string of the molecule is Cc1nc(SCc2cccc(C(=O)NCC3CC3)c2)nc(N2CCN(c3cccc(C(F)(F)F)c3)CC2)c1C. The molecule has 3 aromatic rings. The van der Waals surface area contributed by atoms with Gasteiger partial charge in [0.05, 0.1) is 5.56 Å². The fourth-order valence-corrected chi connectivity index (χ4v) is 5.46. The number of nitrogens with zero attached hydrogens (tertiary/aromatic N) is 4. The summed E-state index contributed by atoms with van der Waals surface area (Å²) in [6.07, 6.45) is -1.97. The number of rotatable bonds is 8. The van der Waals surface area contributed by atoms with Crippen LogP contribution in [0.4, 0.5) is 24.7 Å². The molecular formula is C29H32F3N5OS. The van der Waals surface area contributed by atoms with Crippen molar-refractivity contribution < 1.29 is 18.0 Å². The Morgan fingerprint density at radius 3 is 2.44 bits per heavy atom. The number of carbonyl (C=O) groups excluding carboxylic acids is 1. The van der Waals surface area contributed by atoms with Gasteiger partial charge in [-0.1, -0.05) is 30.0 Å². The monoisotopic (exact) mass is 555 g/mol. The highest BCUT2D eigenvalue weighted by Crippen LogP contribution is 2.33. The number of halogens is 3. The van der Waals surface area contributed by atoms with Crippen LogP contribution in [-0.4, -0.2) is 48.6 Å². The quantitative estimate of drug-likeness (QED) is 0.277. The molecule has 2 aromatic carbocycles. The molecule has 0 spiro atoms. The minimum absolute atomic E-state index is 0.0391. The van der Waals surface area contributed by atoms with Gasteiger partial charge < -0.3 is 15.1 Å². The van der Waals surface area contributed by atoms with E-state index in [9.17, 15) is 18.0 Å². The summed E-state index contributed by atoms with van der Waals surface area (Å²) in [6, 6.07) is 13.2. The van der Waals surface area contributed by atoms with Crippen LogP contribution in [0.5, 0.6) is 0 Å². The summed E-state index contributed by atoms with van der Waals surface area (Å²) in [5, 5.41) is 3.68. The van der Waals surface area contributed by atoms with E-state index in [1.165, 1.54) is 36.7 Å². The number of aryl methyl sites for hydroxylation is 1. The molecule has 2 aliphatic rings. The van der Waals surface area contributed by atoms with Crippen molar-refractivity contribution in [3.8, 4) is 0 Å². The molecular weight excluding hydrogens is 523 g/mol. The number of hydrogen-bond acceptors (Lipinski definition) is 6. The highest BCUT2D eigenvalue weighted by atomic mass is 32.2. The Morgan fingerprint density at radius 2 is 1.72 bits per heavy atom. The maximum Gasteiger partial charge on any atom is 0.416 e. The molecule has 0 radical (unpaired) electrons. The van der Waals surface area contributed by atoms with Gasteiger partial charge >= 0.3 is 6.18 Å². The Balaban J connectivity index is 1.22. The number of benzene rings is 2. The molecule has 0 bridgehead atoms. The van der Waals surface area contributed by atoms with Crippen LogP contribution in [0.25, 0.3) is 0 Å². The van der Waals surface area contributed by atoms with Gasteiger partial charge in [0.25, 0.3) is 5.91 Å². The summed E-state index contributed by atoms with van der Waals surface area (Å²) in [6.45, 7) is 7.21. The average molecular weight is 556 g/mol. The van der Waals surface area contributed by atoms with E-state index in [1.54, 1.807) is 6.07 Å². The molecule has 1 aromatic heterocycles. The molecule has 2 heterocycles. The average Bonchev–Trinajstić information content (AvgIpc) is 3.77. The molecule has 1 aliphatic heterocycles. The van der Waals surface area contributed by atoms with Crippen molar-refractivity contribution in [1.29, 1.82) is 0 Å². The fourth-order valence-electron chi connectivity index (χ4n) is 4.63. The Morgan fingerprint density at radius 1 is 1.00 bits per heavy atom. The first-order chi connectivity index (χ1) is 18.7. The molecule has 1 amide bonds. The van der Waals surface area contributed by atoms with Crippen LogP contribution < -0.4 is 15.1 Å². The van der Waals surface area contributed by atoms with Crippen LogP contribution in [0.3, 0.4) is 0 Å². The third-order valence-corrected chi connectivity index (χ3v) is 8.18. The minimum atomic E-state index is -4.36. The molecule has 0 unspecified atom stereocenters. The van der Waals surface area contributed by atoms with E-state index in [2.05, 4.69) is 15.2 Å². The van der Waals surface area contributed by atoms with Crippen molar-refractivity contribution in [3.05, 3.63) is 76.5 Å². The van der Waals surface area contributed by atoms with Gasteiger partial charge in [-0.2, -0.15) is 13.2 Å². The van der Waals surface area contributed by atoms with Gasteiger partial charge in [-0.15, -0.1) is 0 Å². The summed E-state index contributed by atoms with van der Waals surface area (Å²) in [7, 11) is 0. The molecule has 5 rings (SSSR count). The van der Waals surface area contributed by atoms with Crippen LogP contribution in [-0.2, 0) is 11.9 Å². The largest absolute Gasteiger partial charge is 0.416 e. The highest BCUT2D eigenvalue weighted by Gasteiger charge is 2.31. The maximum absolute atomic E-state index is 13.2. The van der Waals surface area contributed by atoms with E-state index >= 15 is 0 Å². The minimum Gasteiger partial charge on any atom is -0.368 e. The first kappa shape index (κ1) is 27.3. The lowest BCUT2D eigenvalue weighted by atomic mass is 10.1. The Bertz CT molecular complexity index is 1340. The number of thioether (sulfide) groups is 1. The second-order valence-corrected chi connectivity index (χ2v) is 11.1. The molecule has 2 fully saturated rings. The van der Waals surface area contributed by atoms with Crippen LogP contribution >= 0.6 is 11.8 Å². The summed E-state index contributed by atoms with van der Waals surface area (Å²) in [4.78, 5) is 26.2. The fraction of sp³-hybridized carbons (Fsp3) is 0.414. The summed E-state index contributed by atoms with van der Waals surface area (Å²) in [5.41, 5.74) is 3.54. The zero-order valence-electron chi connectivity index (χ0n) is 22.1. The number of alkyl halides is 3. The summed E-state index contributed by atoms with van der Waals surface area (Å²) >= 11 is 1.53. The second kappa shape index (κ2) is 11.5. The molecule has 39 heavy (non-hydrogen) atoms. The third-order valence-electron chi connectivity index (χ3n) is 7.27. The molecule has 1 aliphatic carbocycles. The Kier molecular flexibility index (Phi) is 8.02. The van der Waals surface area contributed by atoms with Crippen molar-refractivity contribution in [2.75, 3.05) is 42.5 Å². The van der Waals surface area contributed by atoms with Crippen molar-refractivity contribution in [2.24, 2.45) is 5.92 Å². The topological polar surface area (TPSA) is 61.4 Å².